The van der Waals surface area contributed by atoms with Crippen LogP contribution in [-0.4, -0.2) is 45.8 Å². The van der Waals surface area contributed by atoms with E-state index >= 15 is 0 Å². The second-order valence-electron chi connectivity index (χ2n) is 8.03. The number of benzene rings is 2. The minimum absolute atomic E-state index is 0.0165. The predicted molar refractivity (Wildman–Crippen MR) is 125 cm³/mol. The van der Waals surface area contributed by atoms with Crippen molar-refractivity contribution >= 4 is 22.5 Å². The first-order valence-electron chi connectivity index (χ1n) is 10.8. The van der Waals surface area contributed by atoms with E-state index in [2.05, 4.69) is 15.4 Å². The van der Waals surface area contributed by atoms with E-state index in [1.165, 1.54) is 9.08 Å². The minimum Gasteiger partial charge on any atom is -0.493 e. The van der Waals surface area contributed by atoms with Crippen LogP contribution >= 0.6 is 0 Å². The standard InChI is InChI=1S/C24H27N5O4/c1-15(2)22-26-18-8-6-5-7-17(18)23-27-28(24(31)29(22)23)14-21(30)25-12-11-16-9-10-19(32-3)20(13-16)33-4/h5-10,13,15H,11-12,14H2,1-4H3,(H,25,30). The predicted octanol–water partition coefficient (Wildman–Crippen LogP) is 2.54. The summed E-state index contributed by atoms with van der Waals surface area (Å²) in [6.07, 6.45) is 0.609. The van der Waals surface area contributed by atoms with Crippen LogP contribution in [0.1, 0.15) is 31.2 Å². The van der Waals surface area contributed by atoms with Crippen LogP contribution < -0.4 is 20.5 Å². The fraction of sp³-hybridized carbons (Fsp3) is 0.333. The Hall–Kier alpha value is -3.88. The van der Waals surface area contributed by atoms with E-state index in [0.717, 1.165) is 16.5 Å². The van der Waals surface area contributed by atoms with Gasteiger partial charge in [-0.15, -0.1) is 5.10 Å². The molecule has 33 heavy (non-hydrogen) atoms. The summed E-state index contributed by atoms with van der Waals surface area (Å²) in [7, 11) is 3.17. The van der Waals surface area contributed by atoms with Crippen LogP contribution in [-0.2, 0) is 17.8 Å². The highest BCUT2D eigenvalue weighted by atomic mass is 16.5. The van der Waals surface area contributed by atoms with Crippen LogP contribution in [0, 0.1) is 0 Å². The van der Waals surface area contributed by atoms with Gasteiger partial charge >= 0.3 is 5.69 Å². The number of hydrogen-bond acceptors (Lipinski definition) is 6. The van der Waals surface area contributed by atoms with Crippen molar-refractivity contribution in [2.75, 3.05) is 20.8 Å². The molecule has 0 fully saturated rings. The molecule has 0 spiro atoms. The molecule has 0 saturated carbocycles. The van der Waals surface area contributed by atoms with E-state index < -0.39 is 0 Å². The molecule has 2 aromatic heterocycles. The average molecular weight is 450 g/mol. The van der Waals surface area contributed by atoms with Crippen molar-refractivity contribution < 1.29 is 14.3 Å². The molecule has 0 saturated heterocycles. The Balaban J connectivity index is 1.51. The molecule has 0 bridgehead atoms. The maximum atomic E-state index is 13.1. The van der Waals surface area contributed by atoms with Gasteiger partial charge in [0.1, 0.15) is 12.4 Å². The molecule has 2 heterocycles. The van der Waals surface area contributed by atoms with Gasteiger partial charge in [-0.2, -0.15) is 0 Å². The number of rotatable bonds is 8. The summed E-state index contributed by atoms with van der Waals surface area (Å²) in [5.41, 5.74) is 1.90. The van der Waals surface area contributed by atoms with Crippen molar-refractivity contribution in [1.82, 2.24) is 24.5 Å². The first kappa shape index (κ1) is 22.3. The maximum absolute atomic E-state index is 13.1. The number of amides is 1. The van der Waals surface area contributed by atoms with Gasteiger partial charge in [0.05, 0.1) is 19.7 Å². The smallest absolute Gasteiger partial charge is 0.352 e. The van der Waals surface area contributed by atoms with Gasteiger partial charge in [0.2, 0.25) is 5.91 Å². The van der Waals surface area contributed by atoms with Gasteiger partial charge in [0, 0.05) is 17.8 Å². The zero-order valence-electron chi connectivity index (χ0n) is 19.2. The van der Waals surface area contributed by atoms with Gasteiger partial charge in [0.25, 0.3) is 0 Å². The molecular weight excluding hydrogens is 422 g/mol. The first-order chi connectivity index (χ1) is 15.9. The lowest BCUT2D eigenvalue weighted by Gasteiger charge is -2.10. The number of hydrogen-bond donors (Lipinski definition) is 1. The highest BCUT2D eigenvalue weighted by Gasteiger charge is 2.18. The van der Waals surface area contributed by atoms with Crippen molar-refractivity contribution in [3.8, 4) is 11.5 Å². The van der Waals surface area contributed by atoms with Gasteiger partial charge in [-0.05, 0) is 36.2 Å². The normalized spacial score (nSPS) is 11.3. The lowest BCUT2D eigenvalue weighted by Crippen LogP contribution is -2.34. The molecule has 9 heteroatoms. The Morgan fingerprint density at radius 3 is 2.58 bits per heavy atom. The van der Waals surface area contributed by atoms with E-state index in [1.54, 1.807) is 14.2 Å². The Kier molecular flexibility index (Phi) is 6.30. The minimum atomic E-state index is -0.373. The Bertz CT molecular complexity index is 1370. The molecular formula is C24H27N5O4. The van der Waals surface area contributed by atoms with Gasteiger partial charge in [0.15, 0.2) is 17.1 Å². The monoisotopic (exact) mass is 449 g/mol. The van der Waals surface area contributed by atoms with Crippen LogP contribution in [0.3, 0.4) is 0 Å². The molecule has 0 aliphatic heterocycles. The maximum Gasteiger partial charge on any atom is 0.352 e. The zero-order chi connectivity index (χ0) is 23.5. The Morgan fingerprint density at radius 2 is 1.85 bits per heavy atom. The zero-order valence-corrected chi connectivity index (χ0v) is 19.2. The van der Waals surface area contributed by atoms with Crippen LogP contribution in [0.4, 0.5) is 0 Å². The molecule has 4 rings (SSSR count). The molecule has 2 aromatic carbocycles. The van der Waals surface area contributed by atoms with Gasteiger partial charge in [-0.25, -0.2) is 18.9 Å². The van der Waals surface area contributed by atoms with Crippen LogP contribution in [0.15, 0.2) is 47.3 Å². The number of nitrogens with zero attached hydrogens (tertiary/aromatic N) is 4. The second kappa shape index (κ2) is 9.32. The Morgan fingerprint density at radius 1 is 1.09 bits per heavy atom. The molecule has 0 aliphatic carbocycles. The van der Waals surface area contributed by atoms with Crippen molar-refractivity contribution in [2.45, 2.75) is 32.7 Å². The summed E-state index contributed by atoms with van der Waals surface area (Å²) in [4.78, 5) is 30.3. The highest BCUT2D eigenvalue weighted by Crippen LogP contribution is 2.27. The average Bonchev–Trinajstić information content (AvgIpc) is 3.14. The van der Waals surface area contributed by atoms with E-state index in [0.29, 0.717) is 35.9 Å². The molecule has 1 amide bonds. The fourth-order valence-corrected chi connectivity index (χ4v) is 3.79. The molecule has 0 aliphatic rings. The number of nitrogens with one attached hydrogen (secondary N) is 1. The number of ether oxygens (including phenoxy) is 2. The van der Waals surface area contributed by atoms with Gasteiger partial charge < -0.3 is 14.8 Å². The van der Waals surface area contributed by atoms with Crippen molar-refractivity contribution in [3.63, 3.8) is 0 Å². The lowest BCUT2D eigenvalue weighted by atomic mass is 10.1. The van der Waals surface area contributed by atoms with Crippen LogP contribution in [0.5, 0.6) is 11.5 Å². The summed E-state index contributed by atoms with van der Waals surface area (Å²) >= 11 is 0. The third-order valence-electron chi connectivity index (χ3n) is 5.44. The molecule has 172 valence electrons. The van der Waals surface area contributed by atoms with Gasteiger partial charge in [-0.3, -0.25) is 4.79 Å². The fourth-order valence-electron chi connectivity index (χ4n) is 3.79. The molecule has 4 aromatic rings. The van der Waals surface area contributed by atoms with Crippen molar-refractivity contribution in [3.05, 3.63) is 64.3 Å². The quantitative estimate of drug-likeness (QED) is 0.444. The van der Waals surface area contributed by atoms with E-state index in [-0.39, 0.29) is 24.1 Å². The summed E-state index contributed by atoms with van der Waals surface area (Å²) in [6, 6.07) is 13.2. The number of fused-ring (bicyclic) bond motifs is 3. The molecule has 0 radical (unpaired) electrons. The topological polar surface area (TPSA) is 99.7 Å². The molecule has 0 atom stereocenters. The SMILES string of the molecule is COc1ccc(CCNC(=O)Cn2nc3c4ccccc4nc(C(C)C)n3c2=O)cc1OC. The molecule has 9 nitrogen and oxygen atoms in total. The van der Waals surface area contributed by atoms with Crippen LogP contribution in [0.25, 0.3) is 16.6 Å². The third-order valence-corrected chi connectivity index (χ3v) is 5.44. The first-order valence-corrected chi connectivity index (χ1v) is 10.8. The summed E-state index contributed by atoms with van der Waals surface area (Å²) in [5, 5.41) is 8.09. The summed E-state index contributed by atoms with van der Waals surface area (Å²) in [5.74, 6) is 1.64. The van der Waals surface area contributed by atoms with E-state index in [4.69, 9.17) is 9.47 Å². The van der Waals surface area contributed by atoms with Crippen molar-refractivity contribution in [1.29, 1.82) is 0 Å². The van der Waals surface area contributed by atoms with E-state index in [9.17, 15) is 9.59 Å². The third kappa shape index (κ3) is 4.39. The van der Waals surface area contributed by atoms with E-state index in [1.807, 2.05) is 56.3 Å². The number of carbonyl (C=O) groups excluding carboxylic acids is 1. The second-order valence-corrected chi connectivity index (χ2v) is 8.03. The Labute approximate surface area is 191 Å². The number of methoxy groups -OCH3 is 2. The molecule has 0 unspecified atom stereocenters. The number of carbonyl (C=O) groups is 1. The highest BCUT2D eigenvalue weighted by molar-refractivity contribution is 5.91. The number of aromatic nitrogens is 4. The summed E-state index contributed by atoms with van der Waals surface area (Å²) in [6.45, 7) is 4.19. The lowest BCUT2D eigenvalue weighted by molar-refractivity contribution is -0.121. The van der Waals surface area contributed by atoms with Crippen LogP contribution in [0.2, 0.25) is 0 Å². The molecule has 1 N–H and O–H groups in total. The largest absolute Gasteiger partial charge is 0.493 e. The summed E-state index contributed by atoms with van der Waals surface area (Å²) < 4.78 is 13.3. The van der Waals surface area contributed by atoms with Gasteiger partial charge in [-0.1, -0.05) is 32.0 Å². The number of para-hydroxylation sites is 1. The van der Waals surface area contributed by atoms with Crippen molar-refractivity contribution in [2.24, 2.45) is 0 Å².